The summed E-state index contributed by atoms with van der Waals surface area (Å²) in [5.41, 5.74) is 0.843. The molecule has 9 heteroatoms. The third-order valence-corrected chi connectivity index (χ3v) is 9.94. The lowest BCUT2D eigenvalue weighted by Crippen LogP contribution is -2.48. The van der Waals surface area contributed by atoms with Gasteiger partial charge in [-0.25, -0.2) is 9.29 Å². The first-order chi connectivity index (χ1) is 20.1. The van der Waals surface area contributed by atoms with Crippen LogP contribution in [0.4, 0.5) is 15.8 Å². The van der Waals surface area contributed by atoms with Crippen molar-refractivity contribution in [3.8, 4) is 5.75 Å². The van der Waals surface area contributed by atoms with Crippen molar-refractivity contribution in [2.45, 2.75) is 25.7 Å². The molecule has 3 aromatic carbocycles. The van der Waals surface area contributed by atoms with Gasteiger partial charge in [0.15, 0.2) is 0 Å². The highest BCUT2D eigenvalue weighted by atomic mass is 35.5. The first-order valence-corrected chi connectivity index (χ1v) is 14.3. The van der Waals surface area contributed by atoms with Crippen LogP contribution in [-0.4, -0.2) is 28.7 Å². The van der Waals surface area contributed by atoms with Gasteiger partial charge in [-0.15, -0.1) is 0 Å². The van der Waals surface area contributed by atoms with Crippen molar-refractivity contribution in [2.24, 2.45) is 29.1 Å². The van der Waals surface area contributed by atoms with Gasteiger partial charge in [0.1, 0.15) is 11.6 Å². The summed E-state index contributed by atoms with van der Waals surface area (Å²) in [5, 5.41) is 10.2. The molecule has 3 aromatic rings. The Balaban J connectivity index is 1.37. The van der Waals surface area contributed by atoms with E-state index >= 15 is 0 Å². The number of para-hydroxylation sites is 1. The third-order valence-electron chi connectivity index (χ3n) is 9.65. The number of anilines is 2. The van der Waals surface area contributed by atoms with Crippen molar-refractivity contribution >= 4 is 46.6 Å². The first kappa shape index (κ1) is 26.6. The molecule has 2 aliphatic carbocycles. The highest BCUT2D eigenvalue weighted by Crippen LogP contribution is 2.63. The summed E-state index contributed by atoms with van der Waals surface area (Å²) in [4.78, 5) is 58.4. The summed E-state index contributed by atoms with van der Waals surface area (Å²) >= 11 is 6.04. The van der Waals surface area contributed by atoms with E-state index in [2.05, 4.69) is 0 Å². The highest BCUT2D eigenvalue weighted by molar-refractivity contribution is 6.32. The predicted molar refractivity (Wildman–Crippen MR) is 153 cm³/mol. The van der Waals surface area contributed by atoms with E-state index in [9.17, 15) is 28.7 Å². The molecule has 2 saturated heterocycles. The predicted octanol–water partition coefficient (Wildman–Crippen LogP) is 5.62. The molecular weight excluding hydrogens is 559 g/mol. The average Bonchev–Trinajstić information content (AvgIpc) is 3.34. The van der Waals surface area contributed by atoms with E-state index in [4.69, 9.17) is 11.6 Å². The number of halogens is 2. The van der Waals surface area contributed by atoms with Gasteiger partial charge in [0, 0.05) is 5.92 Å². The number of benzene rings is 3. The van der Waals surface area contributed by atoms with Gasteiger partial charge in [-0.3, -0.25) is 24.1 Å². The van der Waals surface area contributed by atoms with E-state index in [1.807, 2.05) is 12.1 Å². The zero-order chi connectivity index (χ0) is 29.5. The molecule has 0 radical (unpaired) electrons. The van der Waals surface area contributed by atoms with Gasteiger partial charge in [0.05, 0.1) is 39.6 Å². The summed E-state index contributed by atoms with van der Waals surface area (Å²) in [6.07, 6.45) is 2.47. The lowest BCUT2D eigenvalue weighted by molar-refractivity contribution is -0.131. The van der Waals surface area contributed by atoms with E-state index < -0.39 is 52.6 Å². The lowest BCUT2D eigenvalue weighted by Gasteiger charge is -2.49. The van der Waals surface area contributed by atoms with Crippen molar-refractivity contribution in [1.29, 1.82) is 0 Å². The number of hydrogen-bond donors (Lipinski definition) is 1. The Kier molecular flexibility index (Phi) is 5.92. The number of aromatic hydroxyl groups is 1. The van der Waals surface area contributed by atoms with Crippen molar-refractivity contribution in [2.75, 3.05) is 9.80 Å². The topological polar surface area (TPSA) is 95.0 Å². The number of fused-ring (bicyclic) bond motifs is 4. The summed E-state index contributed by atoms with van der Waals surface area (Å²) < 4.78 is 14.0. The largest absolute Gasteiger partial charge is 0.508 e. The van der Waals surface area contributed by atoms with Crippen LogP contribution < -0.4 is 9.80 Å². The molecular formula is C33H26ClFN2O5. The summed E-state index contributed by atoms with van der Waals surface area (Å²) in [6.45, 7) is 1.75. The molecule has 4 amide bonds. The molecule has 1 N–H and O–H groups in total. The summed E-state index contributed by atoms with van der Waals surface area (Å²) in [7, 11) is 0. The number of phenolic OH excluding ortho intramolecular Hbond substituents is 1. The number of nitrogens with zero attached hydrogens (tertiary/aromatic N) is 2. The van der Waals surface area contributed by atoms with Gasteiger partial charge in [-0.2, -0.15) is 0 Å². The molecule has 2 heterocycles. The van der Waals surface area contributed by atoms with Crippen LogP contribution in [-0.2, 0) is 19.2 Å². The Labute approximate surface area is 246 Å². The maximum absolute atomic E-state index is 14.3. The second-order valence-corrected chi connectivity index (χ2v) is 12.1. The zero-order valence-electron chi connectivity index (χ0n) is 22.5. The average molecular weight is 585 g/mol. The molecule has 4 aliphatic rings. The normalized spacial score (nSPS) is 30.3. The molecule has 1 saturated carbocycles. The number of imide groups is 2. The number of phenols is 1. The maximum Gasteiger partial charge on any atom is 0.241 e. The molecule has 212 valence electrons. The maximum atomic E-state index is 14.3. The van der Waals surface area contributed by atoms with E-state index in [1.165, 1.54) is 23.1 Å². The standard InChI is InChI=1S/C33H26ClFN2O5/c1-33-24(30(40)37(32(33)42)19-10-13-26(35)25(34)15-19)16-23-21(28(33)17-6-5-9-20(38)14-17)11-12-22-27(23)31(41)36(29(22)39)18-7-3-2-4-8-18/h2-11,13-15,22-24,27-28,38H,12,16H2,1H3/t22-,23+,24-,27-,28-,33+/m0/s1. The van der Waals surface area contributed by atoms with Crippen LogP contribution in [0, 0.1) is 34.9 Å². The Morgan fingerprint density at radius 1 is 0.857 bits per heavy atom. The molecule has 6 atom stereocenters. The molecule has 0 aromatic heterocycles. The Bertz CT molecular complexity index is 1720. The number of amides is 4. The van der Waals surface area contributed by atoms with E-state index in [1.54, 1.807) is 49.4 Å². The van der Waals surface area contributed by atoms with Crippen LogP contribution in [0.15, 0.2) is 84.4 Å². The molecule has 42 heavy (non-hydrogen) atoms. The Hall–Kier alpha value is -4.30. The first-order valence-electron chi connectivity index (χ1n) is 13.9. The Morgan fingerprint density at radius 3 is 2.33 bits per heavy atom. The van der Waals surface area contributed by atoms with Crippen molar-refractivity contribution in [3.63, 3.8) is 0 Å². The van der Waals surface area contributed by atoms with Crippen molar-refractivity contribution < 1.29 is 28.7 Å². The van der Waals surface area contributed by atoms with E-state index in [0.29, 0.717) is 17.7 Å². The van der Waals surface area contributed by atoms with Gasteiger partial charge in [0.25, 0.3) is 0 Å². The Morgan fingerprint density at radius 2 is 1.62 bits per heavy atom. The van der Waals surface area contributed by atoms with Crippen LogP contribution in [0.25, 0.3) is 0 Å². The van der Waals surface area contributed by atoms with Gasteiger partial charge >= 0.3 is 0 Å². The minimum absolute atomic E-state index is 0.00498. The van der Waals surface area contributed by atoms with Crippen LogP contribution in [0.2, 0.25) is 5.02 Å². The molecule has 0 unspecified atom stereocenters. The molecule has 2 aliphatic heterocycles. The third kappa shape index (κ3) is 3.57. The van der Waals surface area contributed by atoms with Crippen LogP contribution in [0.3, 0.4) is 0 Å². The number of carbonyl (C=O) groups is 4. The van der Waals surface area contributed by atoms with E-state index in [0.717, 1.165) is 16.5 Å². The number of allylic oxidation sites excluding steroid dienone is 2. The molecule has 7 nitrogen and oxygen atoms in total. The fourth-order valence-electron chi connectivity index (χ4n) is 7.80. The second-order valence-electron chi connectivity index (χ2n) is 11.7. The van der Waals surface area contributed by atoms with E-state index in [-0.39, 0.29) is 34.7 Å². The van der Waals surface area contributed by atoms with Crippen LogP contribution in [0.1, 0.15) is 31.2 Å². The summed E-state index contributed by atoms with van der Waals surface area (Å²) in [5.74, 6) is -5.43. The highest BCUT2D eigenvalue weighted by Gasteiger charge is 2.67. The van der Waals surface area contributed by atoms with Gasteiger partial charge in [-0.05, 0) is 73.7 Å². The second kappa shape index (κ2) is 9.36. The quantitative estimate of drug-likeness (QED) is 0.318. The fourth-order valence-corrected chi connectivity index (χ4v) is 7.98. The van der Waals surface area contributed by atoms with Crippen molar-refractivity contribution in [1.82, 2.24) is 0 Å². The minimum atomic E-state index is -1.27. The van der Waals surface area contributed by atoms with Crippen LogP contribution in [0.5, 0.6) is 5.75 Å². The minimum Gasteiger partial charge on any atom is -0.508 e. The SMILES string of the molecule is C[C@@]12C(=O)N(c3ccc(F)c(Cl)c3)C(=O)[C@@H]1C[C@@H]1C(=CC[C@@H]3C(=O)N(c4ccccc4)C(=O)[C@@H]31)[C@@H]2c1cccc(O)c1. The van der Waals surface area contributed by atoms with Gasteiger partial charge in [0.2, 0.25) is 23.6 Å². The number of carbonyl (C=O) groups excluding carboxylic acids is 4. The van der Waals surface area contributed by atoms with Gasteiger partial charge < -0.3 is 5.11 Å². The van der Waals surface area contributed by atoms with Crippen molar-refractivity contribution in [3.05, 3.63) is 101 Å². The molecule has 7 rings (SSSR count). The fraction of sp³-hybridized carbons (Fsp3) is 0.273. The zero-order valence-corrected chi connectivity index (χ0v) is 23.3. The smallest absolute Gasteiger partial charge is 0.241 e. The number of rotatable bonds is 3. The monoisotopic (exact) mass is 584 g/mol. The van der Waals surface area contributed by atoms with Crippen LogP contribution >= 0.6 is 11.6 Å². The molecule has 3 fully saturated rings. The molecule has 0 bridgehead atoms. The lowest BCUT2D eigenvalue weighted by atomic mass is 9.51. The summed E-state index contributed by atoms with van der Waals surface area (Å²) in [6, 6.07) is 19.1. The number of hydrogen-bond acceptors (Lipinski definition) is 5. The molecule has 0 spiro atoms. The van der Waals surface area contributed by atoms with Gasteiger partial charge in [-0.1, -0.05) is 53.6 Å².